The van der Waals surface area contributed by atoms with E-state index in [1.165, 1.54) is 23.1 Å². The normalized spacial score (nSPS) is 10.7. The number of unbranched alkanes of at least 4 members (excludes halogenated alkanes) is 1. The molecule has 0 fully saturated rings. The molecule has 0 bridgehead atoms. The van der Waals surface area contributed by atoms with Crippen molar-refractivity contribution >= 4 is 0 Å². The zero-order valence-corrected chi connectivity index (χ0v) is 10.8. The number of aryl methyl sites for hydroxylation is 1. The summed E-state index contributed by atoms with van der Waals surface area (Å²) in [6.07, 6.45) is 6.67. The zero-order valence-electron chi connectivity index (χ0n) is 10.8. The standard InChI is InChI=1S/C15H24O/c1-4-7-9-14-13(8-5-2)12(6-3)10-11-15(14)16/h10-11,16H,4-9H2,1-3H3. The van der Waals surface area contributed by atoms with Gasteiger partial charge in [0.2, 0.25) is 0 Å². The van der Waals surface area contributed by atoms with Gasteiger partial charge in [0.25, 0.3) is 0 Å². The van der Waals surface area contributed by atoms with E-state index in [0.717, 1.165) is 32.1 Å². The van der Waals surface area contributed by atoms with Crippen LogP contribution in [0, 0.1) is 0 Å². The van der Waals surface area contributed by atoms with Gasteiger partial charge in [-0.2, -0.15) is 0 Å². The number of rotatable bonds is 6. The highest BCUT2D eigenvalue weighted by molar-refractivity contribution is 5.44. The third-order valence-corrected chi connectivity index (χ3v) is 3.16. The van der Waals surface area contributed by atoms with Crippen molar-refractivity contribution in [3.63, 3.8) is 0 Å². The highest BCUT2D eigenvalue weighted by Crippen LogP contribution is 2.28. The molecule has 1 aromatic carbocycles. The second-order valence-electron chi connectivity index (χ2n) is 4.41. The molecule has 1 nitrogen and oxygen atoms in total. The SMILES string of the molecule is CCCCc1c(O)ccc(CC)c1CCC. The summed E-state index contributed by atoms with van der Waals surface area (Å²) in [5.74, 6) is 0.495. The summed E-state index contributed by atoms with van der Waals surface area (Å²) < 4.78 is 0. The predicted octanol–water partition coefficient (Wildman–Crippen LogP) is 4.25. The molecule has 0 amide bonds. The molecule has 0 aromatic heterocycles. The molecule has 16 heavy (non-hydrogen) atoms. The van der Waals surface area contributed by atoms with E-state index in [0.29, 0.717) is 5.75 Å². The Hall–Kier alpha value is -0.980. The molecule has 0 spiro atoms. The van der Waals surface area contributed by atoms with Gasteiger partial charge in [-0.3, -0.25) is 0 Å². The van der Waals surface area contributed by atoms with E-state index in [4.69, 9.17) is 0 Å². The lowest BCUT2D eigenvalue weighted by Crippen LogP contribution is -2.00. The Balaban J connectivity index is 3.08. The van der Waals surface area contributed by atoms with Crippen molar-refractivity contribution < 1.29 is 5.11 Å². The van der Waals surface area contributed by atoms with Crippen molar-refractivity contribution in [2.75, 3.05) is 0 Å². The first kappa shape index (κ1) is 13.1. The molecular weight excluding hydrogens is 196 g/mol. The molecule has 1 N–H and O–H groups in total. The monoisotopic (exact) mass is 220 g/mol. The molecule has 90 valence electrons. The van der Waals surface area contributed by atoms with Crippen molar-refractivity contribution in [3.05, 3.63) is 28.8 Å². The van der Waals surface area contributed by atoms with Crippen molar-refractivity contribution in [2.24, 2.45) is 0 Å². The third kappa shape index (κ3) is 3.01. The van der Waals surface area contributed by atoms with Crippen LogP contribution in [0.1, 0.15) is 56.7 Å². The summed E-state index contributed by atoms with van der Waals surface area (Å²) in [4.78, 5) is 0. The maximum atomic E-state index is 9.96. The minimum Gasteiger partial charge on any atom is -0.508 e. The minimum atomic E-state index is 0.495. The van der Waals surface area contributed by atoms with Crippen LogP contribution in [0.3, 0.4) is 0 Å². The van der Waals surface area contributed by atoms with Crippen LogP contribution < -0.4 is 0 Å². The molecule has 1 rings (SSSR count). The molecule has 0 heterocycles. The first-order chi connectivity index (χ1) is 7.74. The molecule has 1 heteroatoms. The van der Waals surface area contributed by atoms with Crippen LogP contribution in [0.4, 0.5) is 0 Å². The lowest BCUT2D eigenvalue weighted by atomic mass is 9.92. The van der Waals surface area contributed by atoms with Gasteiger partial charge in [-0.25, -0.2) is 0 Å². The van der Waals surface area contributed by atoms with Gasteiger partial charge in [0.05, 0.1) is 0 Å². The summed E-state index contributed by atoms with van der Waals surface area (Å²) in [7, 11) is 0. The zero-order chi connectivity index (χ0) is 12.0. The molecular formula is C15H24O. The molecule has 0 saturated heterocycles. The second kappa shape index (κ2) is 6.57. The van der Waals surface area contributed by atoms with Gasteiger partial charge < -0.3 is 5.11 Å². The van der Waals surface area contributed by atoms with Gasteiger partial charge in [-0.15, -0.1) is 0 Å². The lowest BCUT2D eigenvalue weighted by Gasteiger charge is -2.15. The maximum Gasteiger partial charge on any atom is 0.119 e. The Kier molecular flexibility index (Phi) is 5.37. The third-order valence-electron chi connectivity index (χ3n) is 3.16. The Morgan fingerprint density at radius 3 is 2.25 bits per heavy atom. The van der Waals surface area contributed by atoms with Crippen molar-refractivity contribution in [2.45, 2.75) is 59.3 Å². The molecule has 0 radical (unpaired) electrons. The van der Waals surface area contributed by atoms with E-state index >= 15 is 0 Å². The number of hydrogen-bond donors (Lipinski definition) is 1. The van der Waals surface area contributed by atoms with Gasteiger partial charge in [-0.05, 0) is 48.4 Å². The Morgan fingerprint density at radius 1 is 0.938 bits per heavy atom. The van der Waals surface area contributed by atoms with Crippen LogP contribution in [0.5, 0.6) is 5.75 Å². The molecule has 0 saturated carbocycles. The molecule has 1 aromatic rings. The fraction of sp³-hybridized carbons (Fsp3) is 0.600. The number of hydrogen-bond acceptors (Lipinski definition) is 1. The maximum absolute atomic E-state index is 9.96. The number of benzene rings is 1. The van der Waals surface area contributed by atoms with Crippen LogP contribution in [-0.4, -0.2) is 5.11 Å². The topological polar surface area (TPSA) is 20.2 Å². The fourth-order valence-corrected chi connectivity index (χ4v) is 2.25. The summed E-state index contributed by atoms with van der Waals surface area (Å²) in [6.45, 7) is 6.59. The average molecular weight is 220 g/mol. The van der Waals surface area contributed by atoms with Gasteiger partial charge in [0, 0.05) is 0 Å². The Morgan fingerprint density at radius 2 is 1.69 bits per heavy atom. The van der Waals surface area contributed by atoms with Crippen molar-refractivity contribution in [1.82, 2.24) is 0 Å². The van der Waals surface area contributed by atoms with E-state index in [1.54, 1.807) is 0 Å². The summed E-state index contributed by atoms with van der Waals surface area (Å²) >= 11 is 0. The van der Waals surface area contributed by atoms with E-state index in [9.17, 15) is 5.11 Å². The van der Waals surface area contributed by atoms with Crippen LogP contribution in [-0.2, 0) is 19.3 Å². The summed E-state index contributed by atoms with van der Waals surface area (Å²) in [5, 5.41) is 9.96. The largest absolute Gasteiger partial charge is 0.508 e. The number of phenolic OH excluding ortho intramolecular Hbond substituents is 1. The first-order valence-corrected chi connectivity index (χ1v) is 6.57. The predicted molar refractivity (Wildman–Crippen MR) is 70.1 cm³/mol. The second-order valence-corrected chi connectivity index (χ2v) is 4.41. The van der Waals surface area contributed by atoms with E-state index < -0.39 is 0 Å². The average Bonchev–Trinajstić information content (AvgIpc) is 2.29. The van der Waals surface area contributed by atoms with Crippen LogP contribution in [0.25, 0.3) is 0 Å². The molecule has 0 aliphatic carbocycles. The van der Waals surface area contributed by atoms with Gasteiger partial charge in [-0.1, -0.05) is 39.7 Å². The molecule has 0 atom stereocenters. The fourth-order valence-electron chi connectivity index (χ4n) is 2.25. The quantitative estimate of drug-likeness (QED) is 0.760. The number of phenols is 1. The van der Waals surface area contributed by atoms with Crippen LogP contribution in [0.15, 0.2) is 12.1 Å². The lowest BCUT2D eigenvalue weighted by molar-refractivity contribution is 0.465. The van der Waals surface area contributed by atoms with Crippen molar-refractivity contribution in [3.8, 4) is 5.75 Å². The molecule has 0 aliphatic heterocycles. The highest BCUT2D eigenvalue weighted by Gasteiger charge is 2.10. The molecule has 0 aliphatic rings. The highest BCUT2D eigenvalue weighted by atomic mass is 16.3. The van der Waals surface area contributed by atoms with Crippen LogP contribution in [0.2, 0.25) is 0 Å². The summed E-state index contributed by atoms with van der Waals surface area (Å²) in [5.41, 5.74) is 4.01. The first-order valence-electron chi connectivity index (χ1n) is 6.57. The minimum absolute atomic E-state index is 0.495. The van der Waals surface area contributed by atoms with E-state index in [2.05, 4.69) is 26.8 Å². The van der Waals surface area contributed by atoms with Gasteiger partial charge in [0.1, 0.15) is 5.75 Å². The Bertz CT molecular complexity index is 328. The summed E-state index contributed by atoms with van der Waals surface area (Å²) in [6, 6.07) is 3.94. The number of aromatic hydroxyl groups is 1. The van der Waals surface area contributed by atoms with E-state index in [-0.39, 0.29) is 0 Å². The molecule has 0 unspecified atom stereocenters. The van der Waals surface area contributed by atoms with E-state index in [1.807, 2.05) is 6.07 Å². The smallest absolute Gasteiger partial charge is 0.119 e. The van der Waals surface area contributed by atoms with Crippen LogP contribution >= 0.6 is 0 Å². The van der Waals surface area contributed by atoms with Gasteiger partial charge >= 0.3 is 0 Å². The van der Waals surface area contributed by atoms with Gasteiger partial charge in [0.15, 0.2) is 0 Å². The Labute approximate surface area is 99.5 Å². The van der Waals surface area contributed by atoms with Crippen molar-refractivity contribution in [1.29, 1.82) is 0 Å².